The van der Waals surface area contributed by atoms with Crippen LogP contribution in [0.25, 0.3) is 11.3 Å². The lowest BCUT2D eigenvalue weighted by Crippen LogP contribution is -2.40. The third kappa shape index (κ3) is 4.14. The molecule has 1 saturated carbocycles. The molecule has 0 N–H and O–H groups in total. The van der Waals surface area contributed by atoms with Crippen molar-refractivity contribution in [1.82, 2.24) is 9.88 Å². The minimum absolute atomic E-state index is 0.0538. The summed E-state index contributed by atoms with van der Waals surface area (Å²) in [5.41, 5.74) is 2.61. The van der Waals surface area contributed by atoms with E-state index in [1.165, 1.54) is 18.5 Å². The number of rotatable bonds is 6. The second-order valence-corrected chi connectivity index (χ2v) is 7.26. The molecule has 28 heavy (non-hydrogen) atoms. The molecular weight excluding hydrogens is 355 g/mol. The molecule has 1 aliphatic rings. The highest BCUT2D eigenvalue weighted by atomic mass is 19.1. The van der Waals surface area contributed by atoms with Gasteiger partial charge in [-0.3, -0.25) is 4.79 Å². The Kier molecular flexibility index (Phi) is 5.51. The van der Waals surface area contributed by atoms with Gasteiger partial charge in [0.2, 0.25) is 0 Å². The van der Waals surface area contributed by atoms with Crippen LogP contribution in [-0.4, -0.2) is 28.4 Å². The van der Waals surface area contributed by atoms with E-state index in [9.17, 15) is 9.18 Å². The Bertz CT molecular complexity index is 899. The predicted molar refractivity (Wildman–Crippen MR) is 105 cm³/mol. The zero-order valence-corrected chi connectivity index (χ0v) is 15.7. The molecule has 0 aliphatic heterocycles. The van der Waals surface area contributed by atoms with Crippen LogP contribution < -0.4 is 0 Å². The van der Waals surface area contributed by atoms with E-state index >= 15 is 0 Å². The molecule has 0 spiro atoms. The van der Waals surface area contributed by atoms with E-state index in [-0.39, 0.29) is 17.8 Å². The predicted octanol–water partition coefficient (Wildman–Crippen LogP) is 5.11. The fraction of sp³-hybridized carbons (Fsp3) is 0.304. The van der Waals surface area contributed by atoms with Gasteiger partial charge >= 0.3 is 0 Å². The Labute approximate surface area is 164 Å². The summed E-state index contributed by atoms with van der Waals surface area (Å²) in [6.07, 6.45) is 8.19. The Morgan fingerprint density at radius 3 is 2.43 bits per heavy atom. The summed E-state index contributed by atoms with van der Waals surface area (Å²) >= 11 is 0. The van der Waals surface area contributed by atoms with E-state index in [1.807, 2.05) is 29.2 Å². The first-order valence-corrected chi connectivity index (χ1v) is 9.75. The maximum atomic E-state index is 13.2. The minimum Gasteiger partial charge on any atom is -0.444 e. The normalized spacial score (nSPS) is 14.3. The fourth-order valence-corrected chi connectivity index (χ4v) is 3.87. The summed E-state index contributed by atoms with van der Waals surface area (Å²) in [7, 11) is 0. The van der Waals surface area contributed by atoms with E-state index in [0.717, 1.165) is 43.2 Å². The molecule has 4 nitrogen and oxygen atoms in total. The molecular formula is C23H23FN2O2. The van der Waals surface area contributed by atoms with Gasteiger partial charge in [-0.15, -0.1) is 0 Å². The SMILES string of the molecule is O=C(c1ccc(-c2cnco2)cc1)N(CCc1ccc(F)cc1)C1CCCC1. The fourth-order valence-electron chi connectivity index (χ4n) is 3.87. The molecule has 1 aliphatic carbocycles. The van der Waals surface area contributed by atoms with Crippen LogP contribution in [0.3, 0.4) is 0 Å². The van der Waals surface area contributed by atoms with Crippen molar-refractivity contribution in [1.29, 1.82) is 0 Å². The van der Waals surface area contributed by atoms with Crippen LogP contribution in [0.1, 0.15) is 41.6 Å². The highest BCUT2D eigenvalue weighted by Gasteiger charge is 2.27. The number of amides is 1. The quantitative estimate of drug-likeness (QED) is 0.599. The maximum Gasteiger partial charge on any atom is 0.254 e. The van der Waals surface area contributed by atoms with Gasteiger partial charge in [-0.1, -0.05) is 37.1 Å². The van der Waals surface area contributed by atoms with Gasteiger partial charge in [0, 0.05) is 23.7 Å². The topological polar surface area (TPSA) is 46.3 Å². The van der Waals surface area contributed by atoms with Crippen molar-refractivity contribution in [3.05, 3.63) is 78.1 Å². The van der Waals surface area contributed by atoms with Crippen molar-refractivity contribution in [3.63, 3.8) is 0 Å². The summed E-state index contributed by atoms with van der Waals surface area (Å²) in [4.78, 5) is 19.2. The number of hydrogen-bond donors (Lipinski definition) is 0. The van der Waals surface area contributed by atoms with Crippen LogP contribution in [0.4, 0.5) is 4.39 Å². The second kappa shape index (κ2) is 8.38. The average Bonchev–Trinajstić information content (AvgIpc) is 3.44. The molecule has 1 fully saturated rings. The number of hydrogen-bond acceptors (Lipinski definition) is 3. The Balaban J connectivity index is 1.50. The van der Waals surface area contributed by atoms with Crippen LogP contribution in [-0.2, 0) is 6.42 Å². The first kappa shape index (κ1) is 18.4. The van der Waals surface area contributed by atoms with Gasteiger partial charge in [0.05, 0.1) is 6.20 Å². The van der Waals surface area contributed by atoms with Crippen LogP contribution in [0.2, 0.25) is 0 Å². The largest absolute Gasteiger partial charge is 0.444 e. The second-order valence-electron chi connectivity index (χ2n) is 7.26. The van der Waals surface area contributed by atoms with Crippen molar-refractivity contribution in [2.24, 2.45) is 0 Å². The number of aromatic nitrogens is 1. The molecule has 1 heterocycles. The first-order valence-electron chi connectivity index (χ1n) is 9.75. The van der Waals surface area contributed by atoms with Crippen molar-refractivity contribution < 1.29 is 13.6 Å². The summed E-state index contributed by atoms with van der Waals surface area (Å²) in [5, 5.41) is 0. The lowest BCUT2D eigenvalue weighted by Gasteiger charge is -2.29. The molecule has 0 atom stereocenters. The molecule has 144 valence electrons. The van der Waals surface area contributed by atoms with Crippen LogP contribution in [0, 0.1) is 5.82 Å². The van der Waals surface area contributed by atoms with E-state index in [0.29, 0.717) is 17.9 Å². The van der Waals surface area contributed by atoms with E-state index in [4.69, 9.17) is 4.42 Å². The van der Waals surface area contributed by atoms with Crippen LogP contribution >= 0.6 is 0 Å². The lowest BCUT2D eigenvalue weighted by atomic mass is 10.1. The average molecular weight is 378 g/mol. The number of carbonyl (C=O) groups excluding carboxylic acids is 1. The standard InChI is InChI=1S/C23H23FN2O2/c24-20-11-5-17(6-12-20)13-14-26(21-3-1-2-4-21)23(27)19-9-7-18(8-10-19)22-15-25-16-28-22/h5-12,15-16,21H,1-4,13-14H2. The lowest BCUT2D eigenvalue weighted by molar-refractivity contribution is 0.0684. The van der Waals surface area contributed by atoms with Gasteiger partial charge in [-0.25, -0.2) is 9.37 Å². The molecule has 0 bridgehead atoms. The zero-order chi connectivity index (χ0) is 19.3. The maximum absolute atomic E-state index is 13.2. The Hall–Kier alpha value is -2.95. The smallest absolute Gasteiger partial charge is 0.254 e. The molecule has 2 aromatic carbocycles. The highest BCUT2D eigenvalue weighted by molar-refractivity contribution is 5.95. The van der Waals surface area contributed by atoms with Crippen molar-refractivity contribution in [2.75, 3.05) is 6.54 Å². The molecule has 1 amide bonds. The van der Waals surface area contributed by atoms with Crippen LogP contribution in [0.15, 0.2) is 65.5 Å². The third-order valence-electron chi connectivity index (χ3n) is 5.43. The van der Waals surface area contributed by atoms with Crippen molar-refractivity contribution in [3.8, 4) is 11.3 Å². The third-order valence-corrected chi connectivity index (χ3v) is 5.43. The molecule has 3 aromatic rings. The van der Waals surface area contributed by atoms with Gasteiger partial charge in [0.15, 0.2) is 12.2 Å². The Morgan fingerprint density at radius 2 is 1.79 bits per heavy atom. The Morgan fingerprint density at radius 1 is 1.07 bits per heavy atom. The number of benzene rings is 2. The molecule has 4 rings (SSSR count). The summed E-state index contributed by atoms with van der Waals surface area (Å²) in [5.74, 6) is 0.500. The highest BCUT2D eigenvalue weighted by Crippen LogP contribution is 2.26. The van der Waals surface area contributed by atoms with Crippen molar-refractivity contribution >= 4 is 5.91 Å². The van der Waals surface area contributed by atoms with Crippen LogP contribution in [0.5, 0.6) is 0 Å². The number of halogens is 1. The van der Waals surface area contributed by atoms with Gasteiger partial charge in [0.25, 0.3) is 5.91 Å². The number of oxazole rings is 1. The van der Waals surface area contributed by atoms with E-state index in [2.05, 4.69) is 4.98 Å². The molecule has 0 unspecified atom stereocenters. The molecule has 0 radical (unpaired) electrons. The summed E-state index contributed by atoms with van der Waals surface area (Å²) in [6, 6.07) is 14.3. The number of nitrogens with zero attached hydrogens (tertiary/aromatic N) is 2. The van der Waals surface area contributed by atoms with E-state index < -0.39 is 0 Å². The minimum atomic E-state index is -0.237. The zero-order valence-electron chi connectivity index (χ0n) is 15.7. The monoisotopic (exact) mass is 378 g/mol. The molecule has 5 heteroatoms. The summed E-state index contributed by atoms with van der Waals surface area (Å²) in [6.45, 7) is 0.638. The van der Waals surface area contributed by atoms with E-state index in [1.54, 1.807) is 18.3 Å². The first-order chi connectivity index (χ1) is 13.7. The van der Waals surface area contributed by atoms with Gasteiger partial charge in [-0.2, -0.15) is 0 Å². The van der Waals surface area contributed by atoms with Gasteiger partial charge in [0.1, 0.15) is 5.82 Å². The van der Waals surface area contributed by atoms with Crippen molar-refractivity contribution in [2.45, 2.75) is 38.1 Å². The molecule has 1 aromatic heterocycles. The molecule has 0 saturated heterocycles. The van der Waals surface area contributed by atoms with Gasteiger partial charge in [-0.05, 0) is 49.1 Å². The summed E-state index contributed by atoms with van der Waals surface area (Å²) < 4.78 is 18.5. The van der Waals surface area contributed by atoms with Gasteiger partial charge < -0.3 is 9.32 Å². The number of carbonyl (C=O) groups is 1.